The van der Waals surface area contributed by atoms with Gasteiger partial charge in [0.05, 0.1) is 5.56 Å². The molecule has 2 rings (SSSR count). The first-order valence-electron chi connectivity index (χ1n) is 4.81. The Morgan fingerprint density at radius 3 is 2.56 bits per heavy atom. The van der Waals surface area contributed by atoms with Crippen LogP contribution in [0.15, 0.2) is 24.7 Å². The summed E-state index contributed by atoms with van der Waals surface area (Å²) in [5.41, 5.74) is 5.47. The number of pyridine rings is 1. The fourth-order valence-corrected chi connectivity index (χ4v) is 1.39. The van der Waals surface area contributed by atoms with E-state index in [1.165, 1.54) is 29.2 Å². The zero-order valence-corrected chi connectivity index (χ0v) is 9.03. The maximum Gasteiger partial charge on any atom is 0.250 e. The molecule has 18 heavy (non-hydrogen) atoms. The van der Waals surface area contributed by atoms with Gasteiger partial charge in [-0.05, 0) is 12.1 Å². The fourth-order valence-electron chi connectivity index (χ4n) is 1.39. The lowest BCUT2D eigenvalue weighted by Gasteiger charge is -2.02. The van der Waals surface area contributed by atoms with Crippen LogP contribution in [0.25, 0.3) is 5.82 Å². The lowest BCUT2D eigenvalue weighted by molar-refractivity contribution is 0.1000. The van der Waals surface area contributed by atoms with Gasteiger partial charge in [-0.25, -0.2) is 9.97 Å². The molecule has 86 valence electrons. The van der Waals surface area contributed by atoms with Crippen LogP contribution in [-0.2, 0) is 0 Å². The molecule has 0 aliphatic carbocycles. The number of carbonyl (C=O) groups is 1. The molecule has 7 heteroatoms. The molecule has 2 aromatic rings. The van der Waals surface area contributed by atoms with Crippen molar-refractivity contribution in [3.63, 3.8) is 0 Å². The molecular formula is C11H6N6O. The number of hydrogen-bond acceptors (Lipinski definition) is 5. The van der Waals surface area contributed by atoms with Crippen LogP contribution >= 0.6 is 0 Å². The highest BCUT2D eigenvalue weighted by Crippen LogP contribution is 2.12. The van der Waals surface area contributed by atoms with Gasteiger partial charge in [0.2, 0.25) is 5.91 Å². The molecule has 2 N–H and O–H groups in total. The lowest BCUT2D eigenvalue weighted by Crippen LogP contribution is -2.11. The molecule has 0 atom stereocenters. The average Bonchev–Trinajstić information content (AvgIpc) is 2.81. The van der Waals surface area contributed by atoms with Crippen LogP contribution in [0.2, 0.25) is 0 Å². The molecule has 0 aliphatic heterocycles. The standard InChI is InChI=1S/C11H6N6O/c12-3-8-9(4-13)17(6-16-8)10-2-1-7(5-15-10)11(14)18/h1-2,5-6H,(H2,14,18). The minimum absolute atomic E-state index is 0.0262. The maximum absolute atomic E-state index is 10.9. The van der Waals surface area contributed by atoms with E-state index in [1.54, 1.807) is 0 Å². The predicted molar refractivity (Wildman–Crippen MR) is 59.3 cm³/mol. The van der Waals surface area contributed by atoms with Crippen molar-refractivity contribution >= 4 is 5.91 Å². The van der Waals surface area contributed by atoms with Gasteiger partial charge < -0.3 is 5.73 Å². The fraction of sp³-hybridized carbons (Fsp3) is 0. The second kappa shape index (κ2) is 4.36. The highest BCUT2D eigenvalue weighted by Gasteiger charge is 2.12. The van der Waals surface area contributed by atoms with Crippen molar-refractivity contribution in [2.75, 3.05) is 0 Å². The van der Waals surface area contributed by atoms with E-state index in [0.717, 1.165) is 0 Å². The minimum Gasteiger partial charge on any atom is -0.366 e. The van der Waals surface area contributed by atoms with Crippen molar-refractivity contribution in [1.82, 2.24) is 14.5 Å². The van der Waals surface area contributed by atoms with Crippen molar-refractivity contribution in [2.24, 2.45) is 5.73 Å². The third-order valence-corrected chi connectivity index (χ3v) is 2.26. The van der Waals surface area contributed by atoms with Gasteiger partial charge in [0.1, 0.15) is 24.3 Å². The summed E-state index contributed by atoms with van der Waals surface area (Å²) in [6.07, 6.45) is 2.62. The molecule has 0 saturated heterocycles. The summed E-state index contributed by atoms with van der Waals surface area (Å²) in [4.78, 5) is 18.7. The number of nitrogens with two attached hydrogens (primary N) is 1. The van der Waals surface area contributed by atoms with E-state index in [2.05, 4.69) is 9.97 Å². The first-order valence-corrected chi connectivity index (χ1v) is 4.81. The summed E-state index contributed by atoms with van der Waals surface area (Å²) in [5, 5.41) is 17.7. The van der Waals surface area contributed by atoms with Crippen LogP contribution in [-0.4, -0.2) is 20.4 Å². The second-order valence-electron chi connectivity index (χ2n) is 3.30. The third-order valence-electron chi connectivity index (χ3n) is 2.26. The molecule has 0 saturated carbocycles. The van der Waals surface area contributed by atoms with Crippen molar-refractivity contribution in [1.29, 1.82) is 10.5 Å². The topological polar surface area (TPSA) is 121 Å². The van der Waals surface area contributed by atoms with Crippen molar-refractivity contribution in [3.05, 3.63) is 41.6 Å². The Bertz CT molecular complexity index is 686. The molecule has 0 bridgehead atoms. The number of rotatable bonds is 2. The van der Waals surface area contributed by atoms with Crippen LogP contribution in [0, 0.1) is 22.7 Å². The SMILES string of the molecule is N#Cc1ncn(-c2ccc(C(N)=O)cn2)c1C#N. The molecular weight excluding hydrogens is 232 g/mol. The number of primary amides is 1. The Hall–Kier alpha value is -3.19. The number of carbonyl (C=O) groups excluding carboxylic acids is 1. The van der Waals surface area contributed by atoms with Gasteiger partial charge in [0, 0.05) is 6.20 Å². The third kappa shape index (κ3) is 1.77. The first kappa shape index (κ1) is 11.3. The number of nitriles is 2. The first-order chi connectivity index (χ1) is 8.67. The largest absolute Gasteiger partial charge is 0.366 e. The highest BCUT2D eigenvalue weighted by atomic mass is 16.1. The highest BCUT2D eigenvalue weighted by molar-refractivity contribution is 5.92. The minimum atomic E-state index is -0.585. The molecule has 1 amide bonds. The Balaban J connectivity index is 2.51. The number of nitrogens with zero attached hydrogens (tertiary/aromatic N) is 5. The molecule has 0 aromatic carbocycles. The van der Waals surface area contributed by atoms with E-state index in [4.69, 9.17) is 16.3 Å². The van der Waals surface area contributed by atoms with Crippen molar-refractivity contribution in [3.8, 4) is 18.0 Å². The van der Waals surface area contributed by atoms with E-state index in [1.807, 2.05) is 12.1 Å². The van der Waals surface area contributed by atoms with Crippen LogP contribution in [0.4, 0.5) is 0 Å². The van der Waals surface area contributed by atoms with Gasteiger partial charge in [0.15, 0.2) is 11.4 Å². The summed E-state index contributed by atoms with van der Waals surface area (Å²) in [5.74, 6) is -0.205. The Morgan fingerprint density at radius 1 is 1.28 bits per heavy atom. The molecule has 0 aliphatic rings. The molecule has 0 fully saturated rings. The Kier molecular flexibility index (Phi) is 2.73. The van der Waals surface area contributed by atoms with E-state index in [0.29, 0.717) is 5.82 Å². The molecule has 2 heterocycles. The summed E-state index contributed by atoms with van der Waals surface area (Å²) >= 11 is 0. The van der Waals surface area contributed by atoms with Crippen molar-refractivity contribution < 1.29 is 4.79 Å². The van der Waals surface area contributed by atoms with E-state index in [9.17, 15) is 4.79 Å². The van der Waals surface area contributed by atoms with Gasteiger partial charge in [-0.3, -0.25) is 9.36 Å². The summed E-state index contributed by atoms with van der Waals surface area (Å²) in [7, 11) is 0. The van der Waals surface area contributed by atoms with Crippen LogP contribution < -0.4 is 5.73 Å². The molecule has 2 aromatic heterocycles. The average molecular weight is 238 g/mol. The van der Waals surface area contributed by atoms with Gasteiger partial charge in [-0.15, -0.1) is 0 Å². The number of amides is 1. The Morgan fingerprint density at radius 2 is 2.06 bits per heavy atom. The molecule has 7 nitrogen and oxygen atoms in total. The normalized spacial score (nSPS) is 9.44. The second-order valence-corrected chi connectivity index (χ2v) is 3.30. The summed E-state index contributed by atoms with van der Waals surface area (Å²) < 4.78 is 1.36. The van der Waals surface area contributed by atoms with Gasteiger partial charge >= 0.3 is 0 Å². The number of hydrogen-bond donors (Lipinski definition) is 1. The predicted octanol–water partition coefficient (Wildman–Crippen LogP) is 0.110. The van der Waals surface area contributed by atoms with E-state index < -0.39 is 5.91 Å². The summed E-state index contributed by atoms with van der Waals surface area (Å²) in [6.45, 7) is 0. The Labute approximate surface area is 102 Å². The zero-order chi connectivity index (χ0) is 13.1. The number of aromatic nitrogens is 3. The van der Waals surface area contributed by atoms with Gasteiger partial charge in [0.25, 0.3) is 0 Å². The molecule has 0 spiro atoms. The molecule has 0 unspecified atom stereocenters. The monoisotopic (exact) mass is 238 g/mol. The zero-order valence-electron chi connectivity index (χ0n) is 9.03. The smallest absolute Gasteiger partial charge is 0.250 e. The lowest BCUT2D eigenvalue weighted by atomic mass is 10.2. The number of imidazole rings is 1. The summed E-state index contributed by atoms with van der Waals surface area (Å²) in [6, 6.07) is 6.69. The van der Waals surface area contributed by atoms with E-state index in [-0.39, 0.29) is 17.0 Å². The maximum atomic E-state index is 10.9. The van der Waals surface area contributed by atoms with E-state index >= 15 is 0 Å². The van der Waals surface area contributed by atoms with Crippen LogP contribution in [0.3, 0.4) is 0 Å². The van der Waals surface area contributed by atoms with Crippen LogP contribution in [0.5, 0.6) is 0 Å². The van der Waals surface area contributed by atoms with Gasteiger partial charge in [-0.1, -0.05) is 0 Å². The molecule has 0 radical (unpaired) electrons. The van der Waals surface area contributed by atoms with Gasteiger partial charge in [-0.2, -0.15) is 10.5 Å². The van der Waals surface area contributed by atoms with Crippen molar-refractivity contribution in [2.45, 2.75) is 0 Å². The quantitative estimate of drug-likeness (QED) is 0.795. The van der Waals surface area contributed by atoms with Crippen LogP contribution in [0.1, 0.15) is 21.7 Å².